The van der Waals surface area contributed by atoms with Crippen molar-refractivity contribution in [2.24, 2.45) is 17.8 Å². The highest BCUT2D eigenvalue weighted by atomic mass is 16.5. The normalized spacial score (nSPS) is 16.2. The Morgan fingerprint density at radius 1 is 0.781 bits per heavy atom. The van der Waals surface area contributed by atoms with Gasteiger partial charge in [0.25, 0.3) is 0 Å². The maximum atomic E-state index is 14.3. The van der Waals surface area contributed by atoms with Crippen molar-refractivity contribution in [2.75, 3.05) is 27.4 Å². The zero-order valence-electron chi connectivity index (χ0n) is 39.3. The van der Waals surface area contributed by atoms with E-state index in [1.54, 1.807) is 27.9 Å². The van der Waals surface area contributed by atoms with E-state index in [-0.39, 0.29) is 50.1 Å². The Labute approximate surface area is 381 Å². The van der Waals surface area contributed by atoms with Crippen molar-refractivity contribution < 1.29 is 43.0 Å². The zero-order valence-corrected chi connectivity index (χ0v) is 39.3. The van der Waals surface area contributed by atoms with Crippen LogP contribution in [-0.4, -0.2) is 105 Å². The van der Waals surface area contributed by atoms with Crippen LogP contribution in [0.15, 0.2) is 60.7 Å². The lowest BCUT2D eigenvalue weighted by atomic mass is 9.84. The molecular weight excluding hydrogens is 817 g/mol. The third-order valence-corrected chi connectivity index (χ3v) is 12.0. The van der Waals surface area contributed by atoms with Gasteiger partial charge < -0.3 is 50.5 Å². The molecule has 64 heavy (non-hydrogen) atoms. The van der Waals surface area contributed by atoms with Crippen LogP contribution >= 0.6 is 0 Å². The number of amides is 5. The van der Waals surface area contributed by atoms with Gasteiger partial charge in [-0.1, -0.05) is 133 Å². The molecule has 0 heterocycles. The van der Waals surface area contributed by atoms with Gasteiger partial charge in [0.15, 0.2) is 0 Å². The highest BCUT2D eigenvalue weighted by molar-refractivity contribution is 5.91. The van der Waals surface area contributed by atoms with Crippen LogP contribution in [-0.2, 0) is 51.4 Å². The summed E-state index contributed by atoms with van der Waals surface area (Å²) in [6.45, 7) is 9.42. The number of alkyl carbamates (subject to hydrolysis) is 1. The van der Waals surface area contributed by atoms with E-state index < -0.39 is 60.2 Å². The molecule has 1 saturated carbocycles. The molecule has 5 amide bonds. The molecular formula is C49H76N6O9. The predicted octanol–water partition coefficient (Wildman–Crippen LogP) is 5.79. The van der Waals surface area contributed by atoms with Crippen molar-refractivity contribution in [1.29, 1.82) is 0 Å². The van der Waals surface area contributed by atoms with Crippen molar-refractivity contribution in [2.45, 2.75) is 155 Å². The third-order valence-electron chi connectivity index (χ3n) is 12.0. The number of nitrogens with one attached hydrogen (secondary N) is 5. The van der Waals surface area contributed by atoms with E-state index in [0.717, 1.165) is 75.2 Å². The molecule has 1 aliphatic carbocycles. The zero-order chi connectivity index (χ0) is 46.9. The summed E-state index contributed by atoms with van der Waals surface area (Å²) in [7, 11) is 3.19. The van der Waals surface area contributed by atoms with Gasteiger partial charge >= 0.3 is 6.09 Å². The average molecular weight is 893 g/mol. The Balaban J connectivity index is 1.72. The van der Waals surface area contributed by atoms with Crippen molar-refractivity contribution in [3.05, 3.63) is 71.8 Å². The van der Waals surface area contributed by atoms with E-state index >= 15 is 0 Å². The lowest BCUT2D eigenvalue weighted by molar-refractivity contribution is -0.147. The summed E-state index contributed by atoms with van der Waals surface area (Å²) in [4.78, 5) is 81.8. The molecule has 15 heteroatoms. The number of aldehydes is 1. The number of unbranched alkanes of at least 4 members (excludes halogenated alkanes) is 3. The maximum absolute atomic E-state index is 14.3. The summed E-state index contributed by atoms with van der Waals surface area (Å²) in [6.07, 6.45) is 8.35. The number of carbonyl (C=O) groups is 6. The molecule has 2 aromatic carbocycles. The third kappa shape index (κ3) is 18.7. The molecule has 2 aromatic rings. The molecule has 0 aliphatic heterocycles. The Hall–Kier alpha value is -4.86. The maximum Gasteiger partial charge on any atom is 0.407 e. The van der Waals surface area contributed by atoms with E-state index in [2.05, 4.69) is 33.5 Å². The molecule has 0 radical (unpaired) electrons. The molecule has 3 rings (SSSR count). The Morgan fingerprint density at radius 2 is 1.42 bits per heavy atom. The summed E-state index contributed by atoms with van der Waals surface area (Å²) >= 11 is 0. The van der Waals surface area contributed by atoms with Gasteiger partial charge in [-0.3, -0.25) is 19.2 Å². The van der Waals surface area contributed by atoms with Crippen LogP contribution in [0, 0.1) is 17.8 Å². The minimum absolute atomic E-state index is 0.0614. The molecule has 5 N–H and O–H groups in total. The van der Waals surface area contributed by atoms with Gasteiger partial charge in [-0.25, -0.2) is 4.79 Å². The summed E-state index contributed by atoms with van der Waals surface area (Å²) in [5.74, 6) is -2.26. The molecule has 0 aromatic heterocycles. The number of hydrogen-bond acceptors (Lipinski definition) is 10. The highest BCUT2D eigenvalue weighted by Gasteiger charge is 2.36. The van der Waals surface area contributed by atoms with Crippen LogP contribution in [0.4, 0.5) is 4.79 Å². The molecule has 0 bridgehead atoms. The lowest BCUT2D eigenvalue weighted by Gasteiger charge is -2.35. The van der Waals surface area contributed by atoms with E-state index in [9.17, 15) is 28.8 Å². The fourth-order valence-corrected chi connectivity index (χ4v) is 7.95. The van der Waals surface area contributed by atoms with Gasteiger partial charge in [0.1, 0.15) is 37.7 Å². The van der Waals surface area contributed by atoms with Crippen LogP contribution in [0.5, 0.6) is 0 Å². The average Bonchev–Trinajstić information content (AvgIpc) is 3.31. The van der Waals surface area contributed by atoms with Crippen molar-refractivity contribution >= 4 is 36.0 Å². The fraction of sp³-hybridized carbons (Fsp3) is 0.633. The smallest absolute Gasteiger partial charge is 0.407 e. The monoisotopic (exact) mass is 893 g/mol. The summed E-state index contributed by atoms with van der Waals surface area (Å²) in [5.41, 5.74) is 1.69. The second-order valence-corrected chi connectivity index (χ2v) is 17.5. The van der Waals surface area contributed by atoms with E-state index in [1.807, 2.05) is 74.5 Å². The molecule has 1 aliphatic rings. The number of likely N-dealkylation sites (N-methyl/N-ethyl adjacent to an activating group) is 2. The predicted molar refractivity (Wildman–Crippen MR) is 246 cm³/mol. The van der Waals surface area contributed by atoms with Gasteiger partial charge in [0.2, 0.25) is 23.6 Å². The molecule has 15 nitrogen and oxygen atoms in total. The SMILES string of the molecule is CCCCCC[C@@H](OCNC(=O)C(NC(=O)C(CNC(=O)OCc1ccccc1)NC)C(C)OCc1ccccc1)C(C)C(=O)N(C)C(CC(C)C)C(=O)NC(C=O)C1CCCCC1. The minimum Gasteiger partial charge on any atom is -0.445 e. The number of ether oxygens (including phenoxy) is 3. The first-order valence-corrected chi connectivity index (χ1v) is 23.3. The van der Waals surface area contributed by atoms with Gasteiger partial charge in [-0.05, 0) is 62.6 Å². The van der Waals surface area contributed by atoms with Crippen LogP contribution in [0.2, 0.25) is 0 Å². The van der Waals surface area contributed by atoms with Crippen molar-refractivity contribution in [3.8, 4) is 0 Å². The first-order chi connectivity index (χ1) is 30.8. The van der Waals surface area contributed by atoms with Crippen LogP contribution in [0.1, 0.15) is 116 Å². The van der Waals surface area contributed by atoms with Crippen molar-refractivity contribution in [1.82, 2.24) is 31.5 Å². The topological polar surface area (TPSA) is 194 Å². The van der Waals surface area contributed by atoms with E-state index in [0.29, 0.717) is 12.8 Å². The molecule has 0 spiro atoms. The molecule has 356 valence electrons. The van der Waals surface area contributed by atoms with Gasteiger partial charge in [0, 0.05) is 13.6 Å². The van der Waals surface area contributed by atoms with Crippen molar-refractivity contribution in [3.63, 3.8) is 0 Å². The summed E-state index contributed by atoms with van der Waals surface area (Å²) in [6, 6.07) is 15.2. The molecule has 6 unspecified atom stereocenters. The van der Waals surface area contributed by atoms with Gasteiger partial charge in [0.05, 0.1) is 30.8 Å². The molecule has 7 atom stereocenters. The van der Waals surface area contributed by atoms with E-state index in [1.165, 1.54) is 4.90 Å². The van der Waals surface area contributed by atoms with Crippen LogP contribution in [0.25, 0.3) is 0 Å². The Kier molecular flexibility index (Phi) is 24.7. The number of hydrogen-bond donors (Lipinski definition) is 5. The number of nitrogens with zero attached hydrogens (tertiary/aromatic N) is 1. The first kappa shape index (κ1) is 53.5. The summed E-state index contributed by atoms with van der Waals surface area (Å²) in [5, 5.41) is 14.1. The lowest BCUT2D eigenvalue weighted by Crippen LogP contribution is -2.59. The second-order valence-electron chi connectivity index (χ2n) is 17.5. The number of carbonyl (C=O) groups excluding carboxylic acids is 6. The molecule has 1 fully saturated rings. The molecule has 0 saturated heterocycles. The Morgan fingerprint density at radius 3 is 2.02 bits per heavy atom. The van der Waals surface area contributed by atoms with Gasteiger partial charge in [-0.2, -0.15) is 0 Å². The number of rotatable bonds is 29. The second kappa shape index (κ2) is 29.6. The number of benzene rings is 2. The standard InChI is InChI=1S/C49H76N6O9/c1-8-9-10-20-27-43(35(4)48(60)55(7)42(28-34(2)3)46(58)53-41(30-56)39-25-18-13-19-26-39)64-33-52-47(59)44(36(5)62-31-37-21-14-11-15-22-37)54-45(57)40(50-6)29-51-49(61)63-32-38-23-16-12-17-24-38/h11-12,14-17,21-24,30,34-36,39-44,50H,8-10,13,18-20,25-29,31-33H2,1-7H3,(H,51,61)(H,52,59)(H,53,58)(H,54,57)/t35?,36?,40?,41?,42?,43-,44?/m1/s1. The van der Waals surface area contributed by atoms with Crippen LogP contribution in [0.3, 0.4) is 0 Å². The largest absolute Gasteiger partial charge is 0.445 e. The first-order valence-electron chi connectivity index (χ1n) is 23.3. The quantitative estimate of drug-likeness (QED) is 0.0379. The van der Waals surface area contributed by atoms with Gasteiger partial charge in [-0.15, -0.1) is 0 Å². The minimum atomic E-state index is -1.17. The highest BCUT2D eigenvalue weighted by Crippen LogP contribution is 2.27. The Bertz CT molecular complexity index is 1690. The van der Waals surface area contributed by atoms with Crippen LogP contribution < -0.4 is 26.6 Å². The summed E-state index contributed by atoms with van der Waals surface area (Å²) < 4.78 is 17.7. The van der Waals surface area contributed by atoms with E-state index in [4.69, 9.17) is 14.2 Å². The fourth-order valence-electron chi connectivity index (χ4n) is 7.95.